The fourth-order valence-corrected chi connectivity index (χ4v) is 2.78. The van der Waals surface area contributed by atoms with Crippen LogP contribution in [0.25, 0.3) is 11.4 Å². The molecule has 1 aliphatic heterocycles. The maximum absolute atomic E-state index is 6.22. The standard InChI is InChI=1S/C15H14Cl2N2O2/c1-2-3-10-13(16)18-15(19-14(10)17)9-4-5-11-12(8-9)21-7-6-20-11/h4-5,8H,2-3,6-7H2,1H3. The van der Waals surface area contributed by atoms with E-state index in [1.165, 1.54) is 0 Å². The van der Waals surface area contributed by atoms with E-state index in [-0.39, 0.29) is 0 Å². The van der Waals surface area contributed by atoms with Crippen molar-refractivity contribution in [2.75, 3.05) is 13.2 Å². The summed E-state index contributed by atoms with van der Waals surface area (Å²) in [7, 11) is 0. The molecule has 0 radical (unpaired) electrons. The van der Waals surface area contributed by atoms with Crippen LogP contribution in [0.1, 0.15) is 18.9 Å². The number of aromatic nitrogens is 2. The molecule has 0 saturated carbocycles. The van der Waals surface area contributed by atoms with Gasteiger partial charge in [-0.25, -0.2) is 9.97 Å². The minimum atomic E-state index is 0.404. The summed E-state index contributed by atoms with van der Waals surface area (Å²) in [6.07, 6.45) is 1.70. The van der Waals surface area contributed by atoms with Gasteiger partial charge in [0.1, 0.15) is 23.5 Å². The van der Waals surface area contributed by atoms with Crippen LogP contribution in [0.4, 0.5) is 0 Å². The minimum absolute atomic E-state index is 0.404. The highest BCUT2D eigenvalue weighted by atomic mass is 35.5. The molecule has 0 atom stereocenters. The number of benzene rings is 1. The summed E-state index contributed by atoms with van der Waals surface area (Å²) >= 11 is 12.4. The molecule has 0 unspecified atom stereocenters. The molecule has 3 rings (SSSR count). The first kappa shape index (κ1) is 14.4. The predicted molar refractivity (Wildman–Crippen MR) is 82.5 cm³/mol. The number of fused-ring (bicyclic) bond motifs is 1. The molecule has 0 N–H and O–H groups in total. The molecular weight excluding hydrogens is 311 g/mol. The van der Waals surface area contributed by atoms with Crippen LogP contribution in [0.3, 0.4) is 0 Å². The number of rotatable bonds is 3. The van der Waals surface area contributed by atoms with Crippen molar-refractivity contribution in [1.29, 1.82) is 0 Å². The number of nitrogens with zero attached hydrogens (tertiary/aromatic N) is 2. The molecule has 110 valence electrons. The van der Waals surface area contributed by atoms with E-state index in [9.17, 15) is 0 Å². The Hall–Kier alpha value is -1.52. The summed E-state index contributed by atoms with van der Waals surface area (Å²) in [6.45, 7) is 3.15. The van der Waals surface area contributed by atoms with Crippen molar-refractivity contribution >= 4 is 23.2 Å². The lowest BCUT2D eigenvalue weighted by Gasteiger charge is -2.18. The lowest BCUT2D eigenvalue weighted by atomic mass is 10.1. The average molecular weight is 325 g/mol. The van der Waals surface area contributed by atoms with Crippen LogP contribution in [0.2, 0.25) is 10.3 Å². The fourth-order valence-electron chi connectivity index (χ4n) is 2.20. The van der Waals surface area contributed by atoms with E-state index in [4.69, 9.17) is 32.7 Å². The maximum Gasteiger partial charge on any atom is 0.162 e. The summed E-state index contributed by atoms with van der Waals surface area (Å²) < 4.78 is 11.1. The third-order valence-corrected chi connectivity index (χ3v) is 3.83. The van der Waals surface area contributed by atoms with Crippen LogP contribution in [0.5, 0.6) is 11.5 Å². The Bertz CT molecular complexity index is 654. The van der Waals surface area contributed by atoms with Gasteiger partial charge in [-0.1, -0.05) is 36.5 Å². The van der Waals surface area contributed by atoms with Gasteiger partial charge >= 0.3 is 0 Å². The molecule has 0 spiro atoms. The van der Waals surface area contributed by atoms with Crippen molar-refractivity contribution in [2.45, 2.75) is 19.8 Å². The highest BCUT2D eigenvalue weighted by Crippen LogP contribution is 2.34. The van der Waals surface area contributed by atoms with Gasteiger partial charge < -0.3 is 9.47 Å². The SMILES string of the molecule is CCCc1c(Cl)nc(-c2ccc3c(c2)OCCO3)nc1Cl. The summed E-state index contributed by atoms with van der Waals surface area (Å²) in [5, 5.41) is 0.809. The Labute approximate surface area is 133 Å². The third-order valence-electron chi connectivity index (χ3n) is 3.21. The quantitative estimate of drug-likeness (QED) is 0.794. The first-order chi connectivity index (χ1) is 10.2. The molecule has 0 saturated heterocycles. The maximum atomic E-state index is 6.22. The molecule has 4 nitrogen and oxygen atoms in total. The molecule has 21 heavy (non-hydrogen) atoms. The summed E-state index contributed by atoms with van der Waals surface area (Å²) in [5.74, 6) is 1.90. The lowest BCUT2D eigenvalue weighted by Crippen LogP contribution is -2.15. The van der Waals surface area contributed by atoms with Gasteiger partial charge in [-0.15, -0.1) is 0 Å². The van der Waals surface area contributed by atoms with Gasteiger partial charge in [0.05, 0.1) is 0 Å². The van der Waals surface area contributed by atoms with Crippen molar-refractivity contribution in [3.05, 3.63) is 34.1 Å². The molecule has 0 fully saturated rings. The van der Waals surface area contributed by atoms with Crippen molar-refractivity contribution in [3.63, 3.8) is 0 Å². The predicted octanol–water partition coefficient (Wildman–Crippen LogP) is 4.17. The minimum Gasteiger partial charge on any atom is -0.486 e. The molecular formula is C15H14Cl2N2O2. The third kappa shape index (κ3) is 2.92. The largest absolute Gasteiger partial charge is 0.486 e. The zero-order chi connectivity index (χ0) is 14.8. The average Bonchev–Trinajstić information content (AvgIpc) is 2.50. The Morgan fingerprint density at radius 3 is 2.38 bits per heavy atom. The van der Waals surface area contributed by atoms with Gasteiger partial charge in [-0.2, -0.15) is 0 Å². The molecule has 6 heteroatoms. The van der Waals surface area contributed by atoms with Gasteiger partial charge in [0, 0.05) is 11.1 Å². The topological polar surface area (TPSA) is 44.2 Å². The van der Waals surface area contributed by atoms with Crippen LogP contribution in [-0.2, 0) is 6.42 Å². The van der Waals surface area contributed by atoms with Crippen molar-refractivity contribution in [2.24, 2.45) is 0 Å². The van der Waals surface area contributed by atoms with E-state index < -0.39 is 0 Å². The molecule has 1 aliphatic rings. The van der Waals surface area contributed by atoms with Gasteiger partial charge in [0.25, 0.3) is 0 Å². The van der Waals surface area contributed by atoms with E-state index in [0.717, 1.165) is 29.7 Å². The zero-order valence-corrected chi connectivity index (χ0v) is 13.0. The van der Waals surface area contributed by atoms with E-state index in [2.05, 4.69) is 16.9 Å². The second-order valence-corrected chi connectivity index (χ2v) is 5.43. The number of halogens is 2. The van der Waals surface area contributed by atoms with Crippen molar-refractivity contribution in [3.8, 4) is 22.9 Å². The zero-order valence-electron chi connectivity index (χ0n) is 11.5. The number of hydrogen-bond acceptors (Lipinski definition) is 4. The lowest BCUT2D eigenvalue weighted by molar-refractivity contribution is 0.171. The molecule has 0 bridgehead atoms. The summed E-state index contributed by atoms with van der Waals surface area (Å²) in [6, 6.07) is 5.56. The highest BCUT2D eigenvalue weighted by molar-refractivity contribution is 6.34. The molecule has 1 aromatic carbocycles. The first-order valence-electron chi connectivity index (χ1n) is 6.81. The first-order valence-corrected chi connectivity index (χ1v) is 7.56. The summed E-state index contributed by atoms with van der Waals surface area (Å²) in [5.41, 5.74) is 1.59. The van der Waals surface area contributed by atoms with E-state index in [0.29, 0.717) is 35.1 Å². The molecule has 0 aliphatic carbocycles. The molecule has 2 aromatic rings. The number of hydrogen-bond donors (Lipinski definition) is 0. The van der Waals surface area contributed by atoms with Crippen LogP contribution in [0, 0.1) is 0 Å². The Morgan fingerprint density at radius 2 is 1.71 bits per heavy atom. The van der Waals surface area contributed by atoms with E-state index in [1.54, 1.807) is 0 Å². The van der Waals surface area contributed by atoms with Gasteiger partial charge in [0.15, 0.2) is 17.3 Å². The fraction of sp³-hybridized carbons (Fsp3) is 0.333. The smallest absolute Gasteiger partial charge is 0.162 e. The monoisotopic (exact) mass is 324 g/mol. The second kappa shape index (κ2) is 6.08. The van der Waals surface area contributed by atoms with Gasteiger partial charge in [0.2, 0.25) is 0 Å². The Morgan fingerprint density at radius 1 is 1.05 bits per heavy atom. The van der Waals surface area contributed by atoms with Crippen LogP contribution in [-0.4, -0.2) is 23.2 Å². The second-order valence-electron chi connectivity index (χ2n) is 4.72. The van der Waals surface area contributed by atoms with Gasteiger partial charge in [-0.3, -0.25) is 0 Å². The van der Waals surface area contributed by atoms with Crippen LogP contribution in [0.15, 0.2) is 18.2 Å². The van der Waals surface area contributed by atoms with E-state index >= 15 is 0 Å². The molecule has 1 aromatic heterocycles. The van der Waals surface area contributed by atoms with Crippen molar-refractivity contribution in [1.82, 2.24) is 9.97 Å². The van der Waals surface area contributed by atoms with Crippen LogP contribution < -0.4 is 9.47 Å². The normalized spacial score (nSPS) is 13.3. The van der Waals surface area contributed by atoms with Crippen LogP contribution >= 0.6 is 23.2 Å². The molecule has 0 amide bonds. The Kier molecular flexibility index (Phi) is 4.17. The molecule has 2 heterocycles. The van der Waals surface area contributed by atoms with E-state index in [1.807, 2.05) is 18.2 Å². The summed E-state index contributed by atoms with van der Waals surface area (Å²) in [4.78, 5) is 8.69. The number of ether oxygens (including phenoxy) is 2. The highest BCUT2D eigenvalue weighted by Gasteiger charge is 2.16. The van der Waals surface area contributed by atoms with Crippen molar-refractivity contribution < 1.29 is 9.47 Å². The Balaban J connectivity index is 2.00. The van der Waals surface area contributed by atoms with Gasteiger partial charge in [-0.05, 0) is 24.6 Å².